The zero-order chi connectivity index (χ0) is 10.7. The number of carbonyl (C=O) groups is 1. The molecule has 0 amide bonds. The second-order valence-corrected chi connectivity index (χ2v) is 4.19. The molecule has 1 unspecified atom stereocenters. The van der Waals surface area contributed by atoms with E-state index >= 15 is 0 Å². The molecule has 0 aromatic heterocycles. The highest BCUT2D eigenvalue weighted by molar-refractivity contribution is 9.10. The molecule has 0 fully saturated rings. The number of hydrogen-bond donors (Lipinski definition) is 2. The van der Waals surface area contributed by atoms with Gasteiger partial charge < -0.3 is 10.2 Å². The third kappa shape index (κ3) is 2.56. The van der Waals surface area contributed by atoms with E-state index in [0.717, 1.165) is 10.0 Å². The highest BCUT2D eigenvalue weighted by atomic mass is 79.9. The van der Waals surface area contributed by atoms with Gasteiger partial charge in [-0.05, 0) is 23.3 Å². The van der Waals surface area contributed by atoms with Crippen LogP contribution in [0.4, 0.5) is 0 Å². The summed E-state index contributed by atoms with van der Waals surface area (Å²) in [4.78, 5) is 10.6. The molecule has 14 heavy (non-hydrogen) atoms. The number of carboxylic acids is 1. The lowest BCUT2D eigenvalue weighted by Gasteiger charge is -2.10. The van der Waals surface area contributed by atoms with E-state index in [4.69, 9.17) is 5.11 Å². The summed E-state index contributed by atoms with van der Waals surface area (Å²) in [6.45, 7) is 0. The summed E-state index contributed by atoms with van der Waals surface area (Å²) in [5.74, 6) is -1.25. The first-order valence-electron chi connectivity index (χ1n) is 3.81. The normalized spacial score (nSPS) is 12.5. The van der Waals surface area contributed by atoms with Crippen molar-refractivity contribution in [3.8, 4) is 0 Å². The first-order valence-corrected chi connectivity index (χ1v) is 5.73. The van der Waals surface area contributed by atoms with E-state index in [1.807, 2.05) is 0 Å². The smallest absolute Gasteiger partial charge is 0.337 e. The minimum Gasteiger partial charge on any atom is -0.479 e. The first kappa shape index (κ1) is 11.7. The molecular weight excluding hydrogens is 316 g/mol. The van der Waals surface area contributed by atoms with E-state index in [0.29, 0.717) is 10.9 Å². The van der Waals surface area contributed by atoms with E-state index in [1.165, 1.54) is 0 Å². The third-order valence-electron chi connectivity index (χ3n) is 1.78. The van der Waals surface area contributed by atoms with Crippen LogP contribution in [0.1, 0.15) is 17.2 Å². The van der Waals surface area contributed by atoms with E-state index in [1.54, 1.807) is 18.2 Å². The molecule has 0 radical (unpaired) electrons. The Bertz CT molecular complexity index is 352. The lowest BCUT2D eigenvalue weighted by atomic mass is 10.0. The molecule has 0 bridgehead atoms. The Morgan fingerprint density at radius 2 is 2.14 bits per heavy atom. The fourth-order valence-electron chi connectivity index (χ4n) is 1.08. The largest absolute Gasteiger partial charge is 0.479 e. The first-order chi connectivity index (χ1) is 6.56. The van der Waals surface area contributed by atoms with Gasteiger partial charge >= 0.3 is 5.97 Å². The molecule has 3 nitrogen and oxygen atoms in total. The van der Waals surface area contributed by atoms with Crippen LogP contribution in [0.3, 0.4) is 0 Å². The van der Waals surface area contributed by atoms with Gasteiger partial charge in [-0.25, -0.2) is 4.79 Å². The minimum absolute atomic E-state index is 0.406. The number of benzene rings is 1. The predicted octanol–water partition coefficient (Wildman–Crippen LogP) is 2.46. The van der Waals surface area contributed by atoms with Crippen LogP contribution in [0.25, 0.3) is 0 Å². The lowest BCUT2D eigenvalue weighted by Crippen LogP contribution is -2.12. The number of hydrogen-bond acceptors (Lipinski definition) is 2. The van der Waals surface area contributed by atoms with Gasteiger partial charge in [-0.1, -0.05) is 37.9 Å². The number of carboxylic acid groups (broad SMARTS) is 1. The summed E-state index contributed by atoms with van der Waals surface area (Å²) in [5.41, 5.74) is 1.17. The number of aliphatic hydroxyl groups is 1. The Morgan fingerprint density at radius 3 is 2.64 bits per heavy atom. The van der Waals surface area contributed by atoms with Gasteiger partial charge in [-0.2, -0.15) is 0 Å². The van der Waals surface area contributed by atoms with Crippen LogP contribution in [-0.2, 0) is 10.1 Å². The van der Waals surface area contributed by atoms with Gasteiger partial charge in [0.05, 0.1) is 0 Å². The second-order valence-electron chi connectivity index (χ2n) is 2.72. The van der Waals surface area contributed by atoms with E-state index in [-0.39, 0.29) is 0 Å². The van der Waals surface area contributed by atoms with Crippen LogP contribution in [0, 0.1) is 0 Å². The van der Waals surface area contributed by atoms with E-state index in [9.17, 15) is 9.90 Å². The molecule has 0 saturated carbocycles. The molecule has 1 atom stereocenters. The summed E-state index contributed by atoms with van der Waals surface area (Å²) in [6, 6.07) is 5.17. The molecule has 0 spiro atoms. The van der Waals surface area contributed by atoms with Crippen molar-refractivity contribution >= 4 is 37.8 Å². The summed E-state index contributed by atoms with van der Waals surface area (Å²) in [7, 11) is 0. The quantitative estimate of drug-likeness (QED) is 0.840. The second kappa shape index (κ2) is 4.91. The maximum Gasteiger partial charge on any atom is 0.337 e. The maximum absolute atomic E-state index is 10.6. The van der Waals surface area contributed by atoms with Crippen molar-refractivity contribution in [1.82, 2.24) is 0 Å². The predicted molar refractivity (Wildman–Crippen MR) is 59.4 cm³/mol. The molecule has 76 valence electrons. The monoisotopic (exact) mass is 322 g/mol. The SMILES string of the molecule is O=C(O)C(O)c1cc(Br)ccc1CBr. The van der Waals surface area contributed by atoms with E-state index < -0.39 is 12.1 Å². The fraction of sp³-hybridized carbons (Fsp3) is 0.222. The van der Waals surface area contributed by atoms with Crippen LogP contribution < -0.4 is 0 Å². The molecule has 0 heterocycles. The molecular formula is C9H8Br2O3. The van der Waals surface area contributed by atoms with Crippen LogP contribution in [-0.4, -0.2) is 16.2 Å². The Kier molecular flexibility index (Phi) is 4.10. The van der Waals surface area contributed by atoms with Gasteiger partial charge in [0.1, 0.15) is 0 Å². The van der Waals surface area contributed by atoms with Crippen molar-refractivity contribution in [2.75, 3.05) is 0 Å². The van der Waals surface area contributed by atoms with Crippen molar-refractivity contribution < 1.29 is 15.0 Å². The molecule has 1 rings (SSSR count). The number of aliphatic carboxylic acids is 1. The van der Waals surface area contributed by atoms with Crippen molar-refractivity contribution in [2.45, 2.75) is 11.4 Å². The highest BCUT2D eigenvalue weighted by Gasteiger charge is 2.19. The Labute approximate surface area is 98.0 Å². The molecule has 0 aliphatic rings. The van der Waals surface area contributed by atoms with Gasteiger partial charge in [-0.15, -0.1) is 0 Å². The summed E-state index contributed by atoms with van der Waals surface area (Å²) < 4.78 is 0.748. The van der Waals surface area contributed by atoms with Crippen molar-refractivity contribution in [3.63, 3.8) is 0 Å². The fourth-order valence-corrected chi connectivity index (χ4v) is 1.96. The summed E-state index contributed by atoms with van der Waals surface area (Å²) in [6.07, 6.45) is -1.47. The van der Waals surface area contributed by atoms with Gasteiger partial charge in [0.2, 0.25) is 0 Å². The standard InChI is InChI=1S/C9H8Br2O3/c10-4-5-1-2-6(11)3-7(5)8(12)9(13)14/h1-3,8,12H,4H2,(H,13,14). The zero-order valence-electron chi connectivity index (χ0n) is 7.08. The molecule has 0 aliphatic heterocycles. The Hall–Kier alpha value is -0.390. The Balaban J connectivity index is 3.16. The number of rotatable bonds is 3. The number of aliphatic hydroxyl groups excluding tert-OH is 1. The van der Waals surface area contributed by atoms with Gasteiger partial charge in [0, 0.05) is 9.80 Å². The summed E-state index contributed by atoms with van der Waals surface area (Å²) in [5, 5.41) is 18.6. The lowest BCUT2D eigenvalue weighted by molar-refractivity contribution is -0.147. The molecule has 5 heteroatoms. The molecule has 1 aromatic carbocycles. The molecule has 0 aliphatic carbocycles. The van der Waals surface area contributed by atoms with Crippen LogP contribution in [0.15, 0.2) is 22.7 Å². The minimum atomic E-state index is -1.47. The summed E-state index contributed by atoms with van der Waals surface area (Å²) >= 11 is 6.45. The van der Waals surface area contributed by atoms with Crippen LogP contribution >= 0.6 is 31.9 Å². The number of halogens is 2. The molecule has 1 aromatic rings. The van der Waals surface area contributed by atoms with Crippen molar-refractivity contribution in [1.29, 1.82) is 0 Å². The molecule has 0 saturated heterocycles. The Morgan fingerprint density at radius 1 is 1.50 bits per heavy atom. The van der Waals surface area contributed by atoms with E-state index in [2.05, 4.69) is 31.9 Å². The topological polar surface area (TPSA) is 57.5 Å². The number of alkyl halides is 1. The average molecular weight is 324 g/mol. The third-order valence-corrected chi connectivity index (χ3v) is 2.88. The van der Waals surface area contributed by atoms with Crippen molar-refractivity contribution in [2.24, 2.45) is 0 Å². The zero-order valence-corrected chi connectivity index (χ0v) is 10.2. The maximum atomic E-state index is 10.6. The average Bonchev–Trinajstić information content (AvgIpc) is 2.16. The van der Waals surface area contributed by atoms with Crippen molar-refractivity contribution in [3.05, 3.63) is 33.8 Å². The molecule has 2 N–H and O–H groups in total. The van der Waals surface area contributed by atoms with Gasteiger partial charge in [0.25, 0.3) is 0 Å². The van der Waals surface area contributed by atoms with Crippen LogP contribution in [0.5, 0.6) is 0 Å². The van der Waals surface area contributed by atoms with Crippen LogP contribution in [0.2, 0.25) is 0 Å². The van der Waals surface area contributed by atoms with Gasteiger partial charge in [0.15, 0.2) is 6.10 Å². The highest BCUT2D eigenvalue weighted by Crippen LogP contribution is 2.24. The van der Waals surface area contributed by atoms with Gasteiger partial charge in [-0.3, -0.25) is 0 Å².